The Morgan fingerprint density at radius 3 is 2.50 bits per heavy atom. The van der Waals surface area contributed by atoms with Crippen molar-refractivity contribution < 1.29 is 9.53 Å². The molecule has 1 saturated heterocycles. The van der Waals surface area contributed by atoms with Crippen molar-refractivity contribution in [1.82, 2.24) is 4.90 Å². The summed E-state index contributed by atoms with van der Waals surface area (Å²) in [5.74, 6) is -0.398. The summed E-state index contributed by atoms with van der Waals surface area (Å²) in [4.78, 5) is 16.0. The molecule has 1 fully saturated rings. The molecule has 0 saturated carbocycles. The van der Waals surface area contributed by atoms with Gasteiger partial charge in [0.1, 0.15) is 0 Å². The number of methoxy groups -OCH3 is 1. The molecule has 2 rings (SSSR count). The summed E-state index contributed by atoms with van der Waals surface area (Å²) in [7, 11) is 3.47. The maximum Gasteiger partial charge on any atom is 0.339 e. The lowest BCUT2D eigenvalue weighted by molar-refractivity contribution is 0.0601. The molecule has 0 atom stereocenters. The Labute approximate surface area is 112 Å². The van der Waals surface area contributed by atoms with Gasteiger partial charge in [-0.2, -0.15) is 0 Å². The Kier molecular flexibility index (Phi) is 4.09. The lowest BCUT2D eigenvalue weighted by atomic mass is 10.2. The lowest BCUT2D eigenvalue weighted by Crippen LogP contribution is -2.44. The summed E-state index contributed by atoms with van der Waals surface area (Å²) in [5, 5.41) is 0.443. The van der Waals surface area contributed by atoms with Crippen molar-refractivity contribution in [2.75, 3.05) is 45.2 Å². The van der Waals surface area contributed by atoms with Gasteiger partial charge in [0.15, 0.2) is 0 Å². The number of hydrogen-bond acceptors (Lipinski definition) is 4. The van der Waals surface area contributed by atoms with Crippen LogP contribution in [0.3, 0.4) is 0 Å². The summed E-state index contributed by atoms with van der Waals surface area (Å²) < 4.78 is 4.67. The Hall–Kier alpha value is -1.26. The third-order valence-corrected chi connectivity index (χ3v) is 3.54. The van der Waals surface area contributed by atoms with Gasteiger partial charge in [0.05, 0.1) is 17.7 Å². The molecule has 1 heterocycles. The van der Waals surface area contributed by atoms with Gasteiger partial charge in [0.2, 0.25) is 0 Å². The van der Waals surface area contributed by atoms with Crippen LogP contribution in [0.2, 0.25) is 5.02 Å². The van der Waals surface area contributed by atoms with Crippen LogP contribution >= 0.6 is 11.6 Å². The van der Waals surface area contributed by atoms with E-state index in [4.69, 9.17) is 11.6 Å². The molecule has 0 bridgehead atoms. The highest BCUT2D eigenvalue weighted by Gasteiger charge is 2.17. The number of piperazine rings is 1. The number of esters is 1. The van der Waals surface area contributed by atoms with Crippen LogP contribution in [0.25, 0.3) is 0 Å². The van der Waals surface area contributed by atoms with Crippen LogP contribution in [0.15, 0.2) is 18.2 Å². The van der Waals surface area contributed by atoms with E-state index >= 15 is 0 Å². The van der Waals surface area contributed by atoms with E-state index < -0.39 is 5.97 Å². The van der Waals surface area contributed by atoms with Crippen LogP contribution in [0.5, 0.6) is 0 Å². The number of ether oxygens (including phenoxy) is 1. The Balaban J connectivity index is 2.16. The van der Waals surface area contributed by atoms with E-state index in [-0.39, 0.29) is 0 Å². The fourth-order valence-corrected chi connectivity index (χ4v) is 2.29. The third kappa shape index (κ3) is 2.76. The number of rotatable bonds is 2. The van der Waals surface area contributed by atoms with Gasteiger partial charge >= 0.3 is 5.97 Å². The van der Waals surface area contributed by atoms with E-state index in [2.05, 4.69) is 21.6 Å². The second kappa shape index (κ2) is 5.59. The van der Waals surface area contributed by atoms with Crippen molar-refractivity contribution in [3.05, 3.63) is 28.8 Å². The standard InChI is InChI=1S/C13H17ClN2O2/c1-15-5-7-16(8-6-15)10-3-4-11(12(14)9-10)13(17)18-2/h3-4,9H,5-8H2,1-2H3. The summed E-state index contributed by atoms with van der Waals surface area (Å²) >= 11 is 6.11. The average molecular weight is 269 g/mol. The van der Waals surface area contributed by atoms with E-state index in [1.807, 2.05) is 12.1 Å². The van der Waals surface area contributed by atoms with Crippen molar-refractivity contribution >= 4 is 23.3 Å². The molecule has 1 aliphatic heterocycles. The zero-order chi connectivity index (χ0) is 13.1. The van der Waals surface area contributed by atoms with Crippen molar-refractivity contribution in [2.24, 2.45) is 0 Å². The molecule has 0 unspecified atom stereocenters. The molecule has 0 amide bonds. The van der Waals surface area contributed by atoms with Crippen LogP contribution in [0, 0.1) is 0 Å². The molecule has 1 aliphatic rings. The minimum atomic E-state index is -0.398. The van der Waals surface area contributed by atoms with Gasteiger partial charge in [0, 0.05) is 31.9 Å². The predicted molar refractivity (Wildman–Crippen MR) is 72.5 cm³/mol. The molecule has 0 N–H and O–H groups in total. The molecule has 0 spiro atoms. The normalized spacial score (nSPS) is 16.7. The van der Waals surface area contributed by atoms with Gasteiger partial charge in [-0.1, -0.05) is 11.6 Å². The zero-order valence-corrected chi connectivity index (χ0v) is 11.4. The summed E-state index contributed by atoms with van der Waals surface area (Å²) in [5.41, 5.74) is 1.47. The number of carbonyl (C=O) groups is 1. The number of benzene rings is 1. The Morgan fingerprint density at radius 2 is 1.94 bits per heavy atom. The van der Waals surface area contributed by atoms with Gasteiger partial charge in [-0.25, -0.2) is 4.79 Å². The van der Waals surface area contributed by atoms with E-state index in [1.165, 1.54) is 7.11 Å². The SMILES string of the molecule is COC(=O)c1ccc(N2CCN(C)CC2)cc1Cl. The number of carbonyl (C=O) groups excluding carboxylic acids is 1. The number of hydrogen-bond donors (Lipinski definition) is 0. The first-order valence-electron chi connectivity index (χ1n) is 5.93. The summed E-state index contributed by atoms with van der Waals surface area (Å²) in [6.45, 7) is 4.03. The maximum atomic E-state index is 11.4. The molecule has 1 aromatic carbocycles. The topological polar surface area (TPSA) is 32.8 Å². The summed E-state index contributed by atoms with van der Waals surface area (Å²) in [6.07, 6.45) is 0. The number of halogens is 1. The highest BCUT2D eigenvalue weighted by molar-refractivity contribution is 6.33. The Morgan fingerprint density at radius 1 is 1.28 bits per heavy atom. The van der Waals surface area contributed by atoms with E-state index in [0.29, 0.717) is 10.6 Å². The number of nitrogens with zero attached hydrogens (tertiary/aromatic N) is 2. The summed E-state index contributed by atoms with van der Waals surface area (Å²) in [6, 6.07) is 5.48. The average Bonchev–Trinajstić information content (AvgIpc) is 2.38. The molecule has 1 aromatic rings. The predicted octanol–water partition coefficient (Wildman–Crippen LogP) is 1.88. The fraction of sp³-hybridized carbons (Fsp3) is 0.462. The van der Waals surface area contributed by atoms with Gasteiger partial charge in [-0.15, -0.1) is 0 Å². The van der Waals surface area contributed by atoms with Crippen LogP contribution in [-0.4, -0.2) is 51.2 Å². The second-order valence-corrected chi connectivity index (χ2v) is 4.85. The van der Waals surface area contributed by atoms with Gasteiger partial charge < -0.3 is 14.5 Å². The van der Waals surface area contributed by atoms with E-state index in [1.54, 1.807) is 6.07 Å². The highest BCUT2D eigenvalue weighted by Crippen LogP contribution is 2.25. The molecule has 0 radical (unpaired) electrons. The van der Waals surface area contributed by atoms with Crippen LogP contribution < -0.4 is 4.90 Å². The van der Waals surface area contributed by atoms with Crippen LogP contribution in [0.1, 0.15) is 10.4 Å². The first-order chi connectivity index (χ1) is 8.61. The number of likely N-dealkylation sites (N-methyl/N-ethyl adjacent to an activating group) is 1. The van der Waals surface area contributed by atoms with Gasteiger partial charge in [-0.3, -0.25) is 0 Å². The van der Waals surface area contributed by atoms with E-state index in [0.717, 1.165) is 31.9 Å². The van der Waals surface area contributed by atoms with Gasteiger partial charge in [0.25, 0.3) is 0 Å². The smallest absolute Gasteiger partial charge is 0.339 e. The van der Waals surface area contributed by atoms with Crippen LogP contribution in [-0.2, 0) is 4.74 Å². The van der Waals surface area contributed by atoms with Crippen molar-refractivity contribution in [3.63, 3.8) is 0 Å². The number of anilines is 1. The van der Waals surface area contributed by atoms with Crippen molar-refractivity contribution in [3.8, 4) is 0 Å². The molecule has 0 aromatic heterocycles. The molecule has 18 heavy (non-hydrogen) atoms. The fourth-order valence-electron chi connectivity index (χ4n) is 2.04. The van der Waals surface area contributed by atoms with Gasteiger partial charge in [-0.05, 0) is 25.2 Å². The first kappa shape index (κ1) is 13.2. The molecular formula is C13H17ClN2O2. The minimum absolute atomic E-state index is 0.398. The van der Waals surface area contributed by atoms with Crippen LogP contribution in [0.4, 0.5) is 5.69 Å². The minimum Gasteiger partial charge on any atom is -0.465 e. The second-order valence-electron chi connectivity index (χ2n) is 4.45. The Bertz CT molecular complexity index is 443. The largest absolute Gasteiger partial charge is 0.465 e. The maximum absolute atomic E-state index is 11.4. The molecule has 0 aliphatic carbocycles. The van der Waals surface area contributed by atoms with Crippen molar-refractivity contribution in [1.29, 1.82) is 0 Å². The molecule has 98 valence electrons. The molecular weight excluding hydrogens is 252 g/mol. The molecule has 4 nitrogen and oxygen atoms in total. The quantitative estimate of drug-likeness (QED) is 0.767. The van der Waals surface area contributed by atoms with E-state index in [9.17, 15) is 4.79 Å². The van der Waals surface area contributed by atoms with Crippen molar-refractivity contribution in [2.45, 2.75) is 0 Å². The zero-order valence-electron chi connectivity index (χ0n) is 10.6. The third-order valence-electron chi connectivity index (χ3n) is 3.23. The lowest BCUT2D eigenvalue weighted by Gasteiger charge is -2.34. The molecule has 5 heteroatoms. The first-order valence-corrected chi connectivity index (χ1v) is 6.31. The highest BCUT2D eigenvalue weighted by atomic mass is 35.5. The monoisotopic (exact) mass is 268 g/mol.